The predicted molar refractivity (Wildman–Crippen MR) is 84.0 cm³/mol. The number of nitrogens with one attached hydrogen (secondary N) is 1. The van der Waals surface area contributed by atoms with Crippen molar-refractivity contribution in [1.29, 1.82) is 0 Å². The van der Waals surface area contributed by atoms with E-state index in [4.69, 9.17) is 9.47 Å². The number of hydrogen-bond acceptors (Lipinski definition) is 4. The van der Waals surface area contributed by atoms with Gasteiger partial charge in [0.1, 0.15) is 6.10 Å². The van der Waals surface area contributed by atoms with Crippen molar-refractivity contribution in [2.45, 2.75) is 57.3 Å². The van der Waals surface area contributed by atoms with Gasteiger partial charge in [0.25, 0.3) is 0 Å². The second kappa shape index (κ2) is 7.66. The highest BCUT2D eigenvalue weighted by molar-refractivity contribution is 5.44. The topological polar surface area (TPSA) is 50.7 Å². The molecule has 1 aliphatic carbocycles. The van der Waals surface area contributed by atoms with Crippen molar-refractivity contribution in [3.05, 3.63) is 23.8 Å². The minimum absolute atomic E-state index is 0.131. The van der Waals surface area contributed by atoms with Crippen molar-refractivity contribution >= 4 is 0 Å². The maximum Gasteiger partial charge on any atom is 0.161 e. The van der Waals surface area contributed by atoms with Gasteiger partial charge in [0, 0.05) is 6.04 Å². The zero-order chi connectivity index (χ0) is 15.2. The van der Waals surface area contributed by atoms with Gasteiger partial charge in [-0.3, -0.25) is 0 Å². The van der Waals surface area contributed by atoms with E-state index < -0.39 is 0 Å². The van der Waals surface area contributed by atoms with Gasteiger partial charge in [0.15, 0.2) is 11.5 Å². The third kappa shape index (κ3) is 4.11. The highest BCUT2D eigenvalue weighted by atomic mass is 16.5. The van der Waals surface area contributed by atoms with Crippen LogP contribution in [0.1, 0.15) is 50.6 Å². The van der Waals surface area contributed by atoms with Crippen LogP contribution in [0.2, 0.25) is 0 Å². The molecule has 0 aromatic heterocycles. The monoisotopic (exact) mass is 293 g/mol. The van der Waals surface area contributed by atoms with Crippen molar-refractivity contribution in [2.24, 2.45) is 0 Å². The van der Waals surface area contributed by atoms with Crippen LogP contribution in [0.3, 0.4) is 0 Å². The molecule has 0 heterocycles. The summed E-state index contributed by atoms with van der Waals surface area (Å²) in [5.41, 5.74) is 1.16. The Labute approximate surface area is 127 Å². The number of methoxy groups -OCH3 is 1. The lowest BCUT2D eigenvalue weighted by molar-refractivity contribution is 0.0305. The number of hydrogen-bond donors (Lipinski definition) is 2. The average molecular weight is 293 g/mol. The van der Waals surface area contributed by atoms with Crippen LogP contribution in [-0.4, -0.2) is 31.5 Å². The SMILES string of the molecule is CNC(C)c1ccc(OC2CCCCCC2O)c(OC)c1. The molecule has 1 aromatic carbocycles. The van der Waals surface area contributed by atoms with E-state index in [1.807, 2.05) is 25.2 Å². The maximum atomic E-state index is 10.2. The lowest BCUT2D eigenvalue weighted by Gasteiger charge is -2.23. The molecule has 1 saturated carbocycles. The van der Waals surface area contributed by atoms with Crippen LogP contribution >= 0.6 is 0 Å². The molecule has 21 heavy (non-hydrogen) atoms. The molecule has 4 heteroatoms. The molecule has 2 N–H and O–H groups in total. The lowest BCUT2D eigenvalue weighted by atomic mass is 10.1. The van der Waals surface area contributed by atoms with Crippen molar-refractivity contribution in [3.8, 4) is 11.5 Å². The zero-order valence-electron chi connectivity index (χ0n) is 13.3. The van der Waals surface area contributed by atoms with Crippen LogP contribution in [-0.2, 0) is 0 Å². The first-order valence-corrected chi connectivity index (χ1v) is 7.85. The molecule has 4 nitrogen and oxygen atoms in total. The van der Waals surface area contributed by atoms with Gasteiger partial charge in [-0.05, 0) is 50.9 Å². The van der Waals surface area contributed by atoms with Gasteiger partial charge in [-0.25, -0.2) is 0 Å². The third-order valence-electron chi connectivity index (χ3n) is 4.32. The van der Waals surface area contributed by atoms with Crippen LogP contribution in [0.25, 0.3) is 0 Å². The molecule has 3 atom stereocenters. The molecule has 118 valence electrons. The third-order valence-corrected chi connectivity index (χ3v) is 4.32. The van der Waals surface area contributed by atoms with Crippen LogP contribution in [0.5, 0.6) is 11.5 Å². The lowest BCUT2D eigenvalue weighted by Crippen LogP contribution is -2.30. The summed E-state index contributed by atoms with van der Waals surface area (Å²) >= 11 is 0. The molecule has 1 aromatic rings. The highest BCUT2D eigenvalue weighted by Gasteiger charge is 2.24. The van der Waals surface area contributed by atoms with Crippen molar-refractivity contribution in [2.75, 3.05) is 14.2 Å². The van der Waals surface area contributed by atoms with E-state index in [1.54, 1.807) is 7.11 Å². The second-order valence-corrected chi connectivity index (χ2v) is 5.78. The quantitative estimate of drug-likeness (QED) is 0.819. The normalized spacial score (nSPS) is 24.2. The van der Waals surface area contributed by atoms with Crippen molar-refractivity contribution in [1.82, 2.24) is 5.32 Å². The molecule has 3 unspecified atom stereocenters. The number of aliphatic hydroxyl groups is 1. The molecule has 0 saturated heterocycles. The molecular weight excluding hydrogens is 266 g/mol. The van der Waals surface area contributed by atoms with Crippen molar-refractivity contribution < 1.29 is 14.6 Å². The van der Waals surface area contributed by atoms with E-state index in [0.717, 1.165) is 42.7 Å². The first-order chi connectivity index (χ1) is 10.2. The maximum absolute atomic E-state index is 10.2. The summed E-state index contributed by atoms with van der Waals surface area (Å²) in [5, 5.41) is 13.4. The number of rotatable bonds is 5. The van der Waals surface area contributed by atoms with Crippen LogP contribution in [0.15, 0.2) is 18.2 Å². The van der Waals surface area contributed by atoms with E-state index in [-0.39, 0.29) is 18.2 Å². The van der Waals surface area contributed by atoms with Gasteiger partial charge in [-0.2, -0.15) is 0 Å². The summed E-state index contributed by atoms with van der Waals surface area (Å²) in [6.07, 6.45) is 4.57. The summed E-state index contributed by atoms with van der Waals surface area (Å²) in [4.78, 5) is 0. The first kappa shape index (κ1) is 16.1. The van der Waals surface area contributed by atoms with E-state index in [0.29, 0.717) is 0 Å². The summed E-state index contributed by atoms with van der Waals surface area (Å²) in [6.45, 7) is 2.10. The fourth-order valence-electron chi connectivity index (χ4n) is 2.77. The van der Waals surface area contributed by atoms with E-state index in [1.165, 1.54) is 6.42 Å². The van der Waals surface area contributed by atoms with Gasteiger partial charge >= 0.3 is 0 Å². The van der Waals surface area contributed by atoms with Crippen LogP contribution in [0, 0.1) is 0 Å². The first-order valence-electron chi connectivity index (χ1n) is 7.85. The smallest absolute Gasteiger partial charge is 0.161 e. The predicted octanol–water partition coefficient (Wildman–Crippen LogP) is 3.05. The molecule has 1 aliphatic rings. The molecule has 0 spiro atoms. The summed E-state index contributed by atoms with van der Waals surface area (Å²) in [5.74, 6) is 1.45. The Hall–Kier alpha value is -1.26. The Kier molecular flexibility index (Phi) is 5.88. The van der Waals surface area contributed by atoms with Gasteiger partial charge in [0.2, 0.25) is 0 Å². The zero-order valence-corrected chi connectivity index (χ0v) is 13.3. The molecule has 0 amide bonds. The number of ether oxygens (including phenoxy) is 2. The average Bonchev–Trinajstić information content (AvgIpc) is 2.71. The summed E-state index contributed by atoms with van der Waals surface area (Å²) < 4.78 is 11.5. The van der Waals surface area contributed by atoms with Crippen LogP contribution < -0.4 is 14.8 Å². The Morgan fingerprint density at radius 3 is 2.67 bits per heavy atom. The fourth-order valence-corrected chi connectivity index (χ4v) is 2.77. The molecular formula is C17H27NO3. The standard InChI is InChI=1S/C17H27NO3/c1-12(18-2)13-9-10-16(17(11-13)20-3)21-15-8-6-4-5-7-14(15)19/h9-12,14-15,18-19H,4-8H2,1-3H3. The molecule has 0 aliphatic heterocycles. The minimum Gasteiger partial charge on any atom is -0.493 e. The van der Waals surface area contributed by atoms with Crippen LogP contribution in [0.4, 0.5) is 0 Å². The fraction of sp³-hybridized carbons (Fsp3) is 0.647. The molecule has 1 fully saturated rings. The largest absolute Gasteiger partial charge is 0.493 e. The van der Waals surface area contributed by atoms with Gasteiger partial charge in [0.05, 0.1) is 13.2 Å². The molecule has 0 bridgehead atoms. The van der Waals surface area contributed by atoms with Gasteiger partial charge in [-0.1, -0.05) is 18.9 Å². The van der Waals surface area contributed by atoms with Crippen molar-refractivity contribution in [3.63, 3.8) is 0 Å². The van der Waals surface area contributed by atoms with Gasteiger partial charge < -0.3 is 19.9 Å². The number of benzene rings is 1. The Bertz CT molecular complexity index is 450. The van der Waals surface area contributed by atoms with E-state index in [9.17, 15) is 5.11 Å². The summed E-state index contributed by atoms with van der Waals surface area (Å²) in [7, 11) is 3.59. The van der Waals surface area contributed by atoms with E-state index in [2.05, 4.69) is 12.2 Å². The number of aliphatic hydroxyl groups excluding tert-OH is 1. The Balaban J connectivity index is 2.15. The Morgan fingerprint density at radius 1 is 1.19 bits per heavy atom. The second-order valence-electron chi connectivity index (χ2n) is 5.78. The van der Waals surface area contributed by atoms with E-state index >= 15 is 0 Å². The summed E-state index contributed by atoms with van der Waals surface area (Å²) in [6, 6.07) is 6.25. The minimum atomic E-state index is -0.381. The highest BCUT2D eigenvalue weighted by Crippen LogP contribution is 2.33. The van der Waals surface area contributed by atoms with Gasteiger partial charge in [-0.15, -0.1) is 0 Å². The molecule has 2 rings (SSSR count). The Morgan fingerprint density at radius 2 is 1.95 bits per heavy atom. The molecule has 0 radical (unpaired) electrons.